The predicted molar refractivity (Wildman–Crippen MR) is 44.5 cm³/mol. The van der Waals surface area contributed by atoms with E-state index in [4.69, 9.17) is 0 Å². The fourth-order valence-electron chi connectivity index (χ4n) is 1.13. The quantitative estimate of drug-likeness (QED) is 0.669. The van der Waals surface area contributed by atoms with Gasteiger partial charge in [0.05, 0.1) is 6.61 Å². The molecule has 1 rings (SSSR count). The molecule has 9 heteroatoms. The van der Waals surface area contributed by atoms with Gasteiger partial charge in [0.15, 0.2) is 5.69 Å². The van der Waals surface area contributed by atoms with E-state index in [2.05, 4.69) is 9.84 Å². The van der Waals surface area contributed by atoms with Crippen LogP contribution in [0.3, 0.4) is 0 Å². The molecule has 1 heterocycles. The van der Waals surface area contributed by atoms with E-state index >= 15 is 0 Å². The Hall–Kier alpha value is -1.67. The molecule has 0 amide bonds. The standard InChI is InChI=1S/C8H7F5N2O2/c1-2-17-7(16)3-4(6(9)10)14-15-5(3)8(11,12)13/h6H,2H2,1H3,(H,14,15). The molecule has 0 bridgehead atoms. The van der Waals surface area contributed by atoms with Crippen molar-refractivity contribution in [3.05, 3.63) is 17.0 Å². The molecule has 4 nitrogen and oxygen atoms in total. The van der Waals surface area contributed by atoms with Crippen LogP contribution in [-0.4, -0.2) is 22.8 Å². The Labute approximate surface area is 91.8 Å². The van der Waals surface area contributed by atoms with Crippen molar-refractivity contribution in [3.63, 3.8) is 0 Å². The molecule has 17 heavy (non-hydrogen) atoms. The number of nitrogens with one attached hydrogen (secondary N) is 1. The summed E-state index contributed by atoms with van der Waals surface area (Å²) in [7, 11) is 0. The third-order valence-corrected chi connectivity index (χ3v) is 1.76. The maximum Gasteiger partial charge on any atom is 0.436 e. The van der Waals surface area contributed by atoms with Gasteiger partial charge in [-0.05, 0) is 6.92 Å². The van der Waals surface area contributed by atoms with Crippen LogP contribution in [0.25, 0.3) is 0 Å². The van der Waals surface area contributed by atoms with E-state index < -0.39 is 35.5 Å². The van der Waals surface area contributed by atoms with Gasteiger partial charge in [-0.2, -0.15) is 18.3 Å². The fraction of sp³-hybridized carbons (Fsp3) is 0.500. The number of hydrogen-bond acceptors (Lipinski definition) is 3. The molecule has 0 radical (unpaired) electrons. The van der Waals surface area contributed by atoms with Gasteiger partial charge in [0.1, 0.15) is 11.3 Å². The topological polar surface area (TPSA) is 55.0 Å². The molecule has 0 aliphatic heterocycles. The summed E-state index contributed by atoms with van der Waals surface area (Å²) in [6.07, 6.45) is -8.29. The van der Waals surface area contributed by atoms with Gasteiger partial charge in [-0.3, -0.25) is 5.10 Å². The highest BCUT2D eigenvalue weighted by molar-refractivity contribution is 5.92. The number of halogens is 5. The Bertz CT molecular complexity index is 413. The summed E-state index contributed by atoms with van der Waals surface area (Å²) in [5.74, 6) is -1.48. The number of esters is 1. The lowest BCUT2D eigenvalue weighted by Crippen LogP contribution is -2.15. The van der Waals surface area contributed by atoms with Gasteiger partial charge in [0, 0.05) is 0 Å². The van der Waals surface area contributed by atoms with Crippen molar-refractivity contribution in [3.8, 4) is 0 Å². The van der Waals surface area contributed by atoms with E-state index in [0.717, 1.165) is 0 Å². The molecule has 1 N–H and O–H groups in total. The molecule has 96 valence electrons. The zero-order valence-corrected chi connectivity index (χ0v) is 8.44. The first-order valence-corrected chi connectivity index (χ1v) is 4.39. The Balaban J connectivity index is 3.30. The van der Waals surface area contributed by atoms with Crippen LogP contribution in [-0.2, 0) is 10.9 Å². The number of carbonyl (C=O) groups excluding carboxylic acids is 1. The SMILES string of the molecule is CCOC(=O)c1c(C(F)(F)F)n[nH]c1C(F)F. The summed E-state index contributed by atoms with van der Waals surface area (Å²) in [6.45, 7) is 1.11. The van der Waals surface area contributed by atoms with Crippen LogP contribution in [0.2, 0.25) is 0 Å². The first-order valence-electron chi connectivity index (χ1n) is 4.39. The zero-order valence-electron chi connectivity index (χ0n) is 8.44. The van der Waals surface area contributed by atoms with Gasteiger partial charge in [-0.25, -0.2) is 13.6 Å². The van der Waals surface area contributed by atoms with Crippen molar-refractivity contribution < 1.29 is 31.5 Å². The Kier molecular flexibility index (Phi) is 3.69. The van der Waals surface area contributed by atoms with Gasteiger partial charge < -0.3 is 4.74 Å². The average Bonchev–Trinajstić information content (AvgIpc) is 2.60. The second-order valence-electron chi connectivity index (χ2n) is 2.88. The summed E-state index contributed by atoms with van der Waals surface area (Å²) >= 11 is 0. The maximum atomic E-state index is 12.4. The molecule has 1 aromatic heterocycles. The van der Waals surface area contributed by atoms with Gasteiger partial charge in [-0.15, -0.1) is 0 Å². The van der Waals surface area contributed by atoms with Crippen LogP contribution in [0.4, 0.5) is 22.0 Å². The Morgan fingerprint density at radius 1 is 1.47 bits per heavy atom. The van der Waals surface area contributed by atoms with Crippen molar-refractivity contribution >= 4 is 5.97 Å². The summed E-state index contributed by atoms with van der Waals surface area (Å²) in [5.41, 5.74) is -4.17. The smallest absolute Gasteiger partial charge is 0.436 e. The predicted octanol–water partition coefficient (Wildman–Crippen LogP) is 2.54. The minimum atomic E-state index is -5.01. The number of hydrogen-bond donors (Lipinski definition) is 1. The van der Waals surface area contributed by atoms with E-state index in [-0.39, 0.29) is 6.61 Å². The van der Waals surface area contributed by atoms with Crippen LogP contribution in [0.5, 0.6) is 0 Å². The summed E-state index contributed by atoms with van der Waals surface area (Å²) < 4.78 is 66.2. The van der Waals surface area contributed by atoms with Crippen LogP contribution in [0.1, 0.15) is 35.1 Å². The number of rotatable bonds is 3. The molecule has 0 saturated carbocycles. The van der Waals surface area contributed by atoms with E-state index in [9.17, 15) is 26.7 Å². The Morgan fingerprint density at radius 3 is 2.47 bits per heavy atom. The molecule has 0 atom stereocenters. The van der Waals surface area contributed by atoms with Gasteiger partial charge in [-0.1, -0.05) is 0 Å². The lowest BCUT2D eigenvalue weighted by atomic mass is 10.2. The van der Waals surface area contributed by atoms with Crippen molar-refractivity contribution in [2.45, 2.75) is 19.5 Å². The molecule has 0 fully saturated rings. The first kappa shape index (κ1) is 13.4. The van der Waals surface area contributed by atoms with Gasteiger partial charge >= 0.3 is 12.1 Å². The number of aromatic nitrogens is 2. The molecule has 0 spiro atoms. The molecule has 0 aliphatic carbocycles. The van der Waals surface area contributed by atoms with Crippen molar-refractivity contribution in [2.75, 3.05) is 6.61 Å². The summed E-state index contributed by atoms with van der Waals surface area (Å²) in [5, 5.41) is 4.18. The molecule has 0 saturated heterocycles. The second-order valence-corrected chi connectivity index (χ2v) is 2.88. The third kappa shape index (κ3) is 2.71. The first-order chi connectivity index (χ1) is 7.79. The van der Waals surface area contributed by atoms with E-state index in [1.165, 1.54) is 12.0 Å². The van der Waals surface area contributed by atoms with Crippen molar-refractivity contribution in [2.24, 2.45) is 0 Å². The summed E-state index contributed by atoms with van der Waals surface area (Å²) in [4.78, 5) is 11.2. The molecular formula is C8H7F5N2O2. The highest BCUT2D eigenvalue weighted by Gasteiger charge is 2.42. The average molecular weight is 258 g/mol. The van der Waals surface area contributed by atoms with E-state index in [1.807, 2.05) is 0 Å². The summed E-state index contributed by atoms with van der Waals surface area (Å²) in [6, 6.07) is 0. The van der Waals surface area contributed by atoms with E-state index in [1.54, 1.807) is 0 Å². The molecule has 0 aromatic carbocycles. The highest BCUT2D eigenvalue weighted by Crippen LogP contribution is 2.34. The molecule has 0 unspecified atom stereocenters. The number of aromatic amines is 1. The largest absolute Gasteiger partial charge is 0.462 e. The van der Waals surface area contributed by atoms with Crippen molar-refractivity contribution in [1.29, 1.82) is 0 Å². The molecule has 1 aromatic rings. The minimum absolute atomic E-state index is 0.232. The lowest BCUT2D eigenvalue weighted by molar-refractivity contribution is -0.141. The number of nitrogens with zero attached hydrogens (tertiary/aromatic N) is 1. The zero-order chi connectivity index (χ0) is 13.2. The van der Waals surface area contributed by atoms with Crippen LogP contribution < -0.4 is 0 Å². The second kappa shape index (κ2) is 4.68. The van der Waals surface area contributed by atoms with Crippen LogP contribution >= 0.6 is 0 Å². The van der Waals surface area contributed by atoms with Crippen LogP contribution in [0.15, 0.2) is 0 Å². The van der Waals surface area contributed by atoms with Crippen molar-refractivity contribution in [1.82, 2.24) is 10.2 Å². The number of ether oxygens (including phenoxy) is 1. The molecule has 0 aliphatic rings. The third-order valence-electron chi connectivity index (χ3n) is 1.76. The number of carbonyl (C=O) groups is 1. The van der Waals surface area contributed by atoms with Gasteiger partial charge in [0.2, 0.25) is 0 Å². The number of alkyl halides is 5. The Morgan fingerprint density at radius 2 is 2.06 bits per heavy atom. The maximum absolute atomic E-state index is 12.4. The normalized spacial score (nSPS) is 11.9. The van der Waals surface area contributed by atoms with E-state index in [0.29, 0.717) is 0 Å². The fourth-order valence-corrected chi connectivity index (χ4v) is 1.13. The highest BCUT2D eigenvalue weighted by atomic mass is 19.4. The van der Waals surface area contributed by atoms with Gasteiger partial charge in [0.25, 0.3) is 6.43 Å². The number of H-pyrrole nitrogens is 1. The lowest BCUT2D eigenvalue weighted by Gasteiger charge is -2.07. The molecular weight excluding hydrogens is 251 g/mol. The minimum Gasteiger partial charge on any atom is -0.462 e. The monoisotopic (exact) mass is 258 g/mol. The van der Waals surface area contributed by atoms with Crippen LogP contribution in [0, 0.1) is 0 Å².